The molecule has 0 unspecified atom stereocenters. The van der Waals surface area contributed by atoms with Gasteiger partial charge < -0.3 is 5.32 Å². The van der Waals surface area contributed by atoms with E-state index in [2.05, 4.69) is 15.3 Å². The number of nitrogens with one attached hydrogen (secondary N) is 1. The van der Waals surface area contributed by atoms with E-state index in [1.165, 1.54) is 13.3 Å². The van der Waals surface area contributed by atoms with E-state index in [1.807, 2.05) is 13.8 Å². The normalized spacial score (nSPS) is 10.7. The topological polar surface area (TPSA) is 37.8 Å². The van der Waals surface area contributed by atoms with Crippen LogP contribution in [-0.2, 0) is 6.42 Å². The van der Waals surface area contributed by atoms with Gasteiger partial charge in [0.2, 0.25) is 0 Å². The molecule has 0 saturated heterocycles. The van der Waals surface area contributed by atoms with Crippen molar-refractivity contribution in [2.75, 3.05) is 11.9 Å². The number of hydrogen-bond donors (Lipinski definition) is 1. The highest BCUT2D eigenvalue weighted by atomic mass is 19.2. The predicted molar refractivity (Wildman–Crippen MR) is 75.7 cm³/mol. The summed E-state index contributed by atoms with van der Waals surface area (Å²) in [6, 6.07) is 3.12. The summed E-state index contributed by atoms with van der Waals surface area (Å²) in [5.41, 5.74) is 1.68. The Hall–Kier alpha value is -2.04. The van der Waals surface area contributed by atoms with Gasteiger partial charge in [-0.05, 0) is 31.9 Å². The molecule has 1 N–H and O–H groups in total. The zero-order valence-electron chi connectivity index (χ0n) is 11.8. The van der Waals surface area contributed by atoms with Crippen LogP contribution in [0.2, 0.25) is 0 Å². The molecule has 0 atom stereocenters. The maximum Gasteiger partial charge on any atom is 0.168 e. The van der Waals surface area contributed by atoms with E-state index in [0.29, 0.717) is 24.5 Å². The third kappa shape index (κ3) is 2.48. The largest absolute Gasteiger partial charge is 0.370 e. The molecule has 20 heavy (non-hydrogen) atoms. The van der Waals surface area contributed by atoms with Crippen LogP contribution in [0.3, 0.4) is 0 Å². The molecule has 0 radical (unpaired) electrons. The number of anilines is 1. The van der Waals surface area contributed by atoms with Crippen LogP contribution >= 0.6 is 0 Å². The average Bonchev–Trinajstić information content (AvgIpc) is 2.45. The minimum Gasteiger partial charge on any atom is -0.370 e. The monoisotopic (exact) mass is 277 g/mol. The van der Waals surface area contributed by atoms with Gasteiger partial charge in [0.05, 0.1) is 5.69 Å². The maximum atomic E-state index is 14.1. The molecule has 106 valence electrons. The third-order valence-corrected chi connectivity index (χ3v) is 3.17. The van der Waals surface area contributed by atoms with Crippen molar-refractivity contribution in [3.63, 3.8) is 0 Å². The Kier molecular flexibility index (Phi) is 4.27. The fraction of sp³-hybridized carbons (Fsp3) is 0.333. The molecule has 1 aromatic carbocycles. The summed E-state index contributed by atoms with van der Waals surface area (Å²) in [6.07, 6.45) is 2.00. The van der Waals surface area contributed by atoms with Gasteiger partial charge in [0.1, 0.15) is 12.1 Å². The lowest BCUT2D eigenvalue weighted by atomic mass is 10.0. The van der Waals surface area contributed by atoms with Crippen LogP contribution < -0.4 is 5.32 Å². The van der Waals surface area contributed by atoms with Crippen LogP contribution in [0.15, 0.2) is 18.5 Å². The van der Waals surface area contributed by atoms with E-state index in [-0.39, 0.29) is 11.1 Å². The summed E-state index contributed by atoms with van der Waals surface area (Å²) in [6.45, 7) is 6.13. The molecule has 0 amide bonds. The molecule has 1 aromatic heterocycles. The van der Waals surface area contributed by atoms with Crippen LogP contribution in [0, 0.1) is 18.6 Å². The number of aromatic nitrogens is 2. The summed E-state index contributed by atoms with van der Waals surface area (Å²) in [5.74, 6) is -1.02. The molecule has 0 aliphatic rings. The van der Waals surface area contributed by atoms with Gasteiger partial charge in [-0.15, -0.1) is 0 Å². The van der Waals surface area contributed by atoms with Gasteiger partial charge in [-0.3, -0.25) is 0 Å². The Balaban J connectivity index is 2.64. The Labute approximate surface area is 117 Å². The number of rotatable bonds is 4. The summed E-state index contributed by atoms with van der Waals surface area (Å²) in [5, 5.41) is 3.12. The third-order valence-electron chi connectivity index (χ3n) is 3.17. The summed E-state index contributed by atoms with van der Waals surface area (Å²) >= 11 is 0. The SMILES string of the molecule is CCNc1ncnc(-c2ccc(C)c(F)c2F)c1CC. The maximum absolute atomic E-state index is 14.1. The highest BCUT2D eigenvalue weighted by molar-refractivity contribution is 5.69. The first-order valence-electron chi connectivity index (χ1n) is 6.62. The second kappa shape index (κ2) is 5.94. The lowest BCUT2D eigenvalue weighted by molar-refractivity contribution is 0.505. The molecule has 0 saturated carbocycles. The number of aryl methyl sites for hydroxylation is 1. The molecule has 2 rings (SSSR count). The lowest BCUT2D eigenvalue weighted by Crippen LogP contribution is -2.06. The quantitative estimate of drug-likeness (QED) is 0.925. The van der Waals surface area contributed by atoms with E-state index < -0.39 is 11.6 Å². The number of hydrogen-bond acceptors (Lipinski definition) is 3. The first-order valence-corrected chi connectivity index (χ1v) is 6.62. The molecule has 3 nitrogen and oxygen atoms in total. The first-order chi connectivity index (χ1) is 9.60. The molecule has 0 fully saturated rings. The van der Waals surface area contributed by atoms with Gasteiger partial charge in [-0.2, -0.15) is 0 Å². The van der Waals surface area contributed by atoms with Crippen molar-refractivity contribution in [1.82, 2.24) is 9.97 Å². The highest BCUT2D eigenvalue weighted by Gasteiger charge is 2.18. The Bertz CT molecular complexity index is 627. The molecule has 1 heterocycles. The lowest BCUT2D eigenvalue weighted by Gasteiger charge is -2.13. The minimum absolute atomic E-state index is 0.173. The summed E-state index contributed by atoms with van der Waals surface area (Å²) in [4.78, 5) is 8.29. The Morgan fingerprint density at radius 2 is 1.85 bits per heavy atom. The molecule has 5 heteroatoms. The molecule has 0 aliphatic carbocycles. The zero-order chi connectivity index (χ0) is 14.7. The van der Waals surface area contributed by atoms with Crippen molar-refractivity contribution in [3.05, 3.63) is 41.2 Å². The standard InChI is InChI=1S/C15H17F2N3/c1-4-10-14(19-8-20-15(10)18-5-2)11-7-6-9(3)12(16)13(11)17/h6-8H,4-5H2,1-3H3,(H,18,19,20). The molecular formula is C15H17F2N3. The Morgan fingerprint density at radius 1 is 1.10 bits per heavy atom. The van der Waals surface area contributed by atoms with Crippen LogP contribution in [0.4, 0.5) is 14.6 Å². The fourth-order valence-corrected chi connectivity index (χ4v) is 2.13. The van der Waals surface area contributed by atoms with Crippen LogP contribution in [-0.4, -0.2) is 16.5 Å². The van der Waals surface area contributed by atoms with Crippen molar-refractivity contribution >= 4 is 5.82 Å². The smallest absolute Gasteiger partial charge is 0.168 e. The first kappa shape index (κ1) is 14.4. The van der Waals surface area contributed by atoms with Gasteiger partial charge in [-0.1, -0.05) is 13.0 Å². The molecular weight excluding hydrogens is 260 g/mol. The van der Waals surface area contributed by atoms with Crippen molar-refractivity contribution in [2.24, 2.45) is 0 Å². The minimum atomic E-state index is -0.860. The molecule has 0 bridgehead atoms. The van der Waals surface area contributed by atoms with Gasteiger partial charge in [-0.25, -0.2) is 18.7 Å². The van der Waals surface area contributed by atoms with Gasteiger partial charge in [0, 0.05) is 17.7 Å². The van der Waals surface area contributed by atoms with Crippen molar-refractivity contribution < 1.29 is 8.78 Å². The second-order valence-corrected chi connectivity index (χ2v) is 4.49. The summed E-state index contributed by atoms with van der Waals surface area (Å²) < 4.78 is 27.9. The zero-order valence-corrected chi connectivity index (χ0v) is 11.8. The average molecular weight is 277 g/mol. The van der Waals surface area contributed by atoms with Gasteiger partial charge >= 0.3 is 0 Å². The van der Waals surface area contributed by atoms with Crippen LogP contribution in [0.5, 0.6) is 0 Å². The van der Waals surface area contributed by atoms with E-state index in [1.54, 1.807) is 12.1 Å². The fourth-order valence-electron chi connectivity index (χ4n) is 2.13. The van der Waals surface area contributed by atoms with E-state index in [4.69, 9.17) is 0 Å². The highest BCUT2D eigenvalue weighted by Crippen LogP contribution is 2.30. The van der Waals surface area contributed by atoms with E-state index in [0.717, 1.165) is 5.56 Å². The van der Waals surface area contributed by atoms with Crippen LogP contribution in [0.1, 0.15) is 25.0 Å². The number of nitrogens with zero attached hydrogens (tertiary/aromatic N) is 2. The molecule has 0 aliphatic heterocycles. The van der Waals surface area contributed by atoms with Crippen molar-refractivity contribution in [3.8, 4) is 11.3 Å². The van der Waals surface area contributed by atoms with E-state index >= 15 is 0 Å². The summed E-state index contributed by atoms with van der Waals surface area (Å²) in [7, 11) is 0. The number of halogens is 2. The van der Waals surface area contributed by atoms with Crippen molar-refractivity contribution in [2.45, 2.75) is 27.2 Å². The van der Waals surface area contributed by atoms with E-state index in [9.17, 15) is 8.78 Å². The Morgan fingerprint density at radius 3 is 2.50 bits per heavy atom. The predicted octanol–water partition coefficient (Wildman–Crippen LogP) is 3.72. The van der Waals surface area contributed by atoms with Gasteiger partial charge in [0.25, 0.3) is 0 Å². The molecule has 0 spiro atoms. The second-order valence-electron chi connectivity index (χ2n) is 4.49. The van der Waals surface area contributed by atoms with Crippen LogP contribution in [0.25, 0.3) is 11.3 Å². The van der Waals surface area contributed by atoms with Crippen molar-refractivity contribution in [1.29, 1.82) is 0 Å². The van der Waals surface area contributed by atoms with Gasteiger partial charge in [0.15, 0.2) is 11.6 Å². The molecule has 2 aromatic rings. The number of benzene rings is 1.